The molecular weight excluding hydrogens is 210 g/mol. The SMILES string of the molecule is CCOC(=O)C(F)(F)S(=O)(=O)OC. The van der Waals surface area contributed by atoms with E-state index in [1.807, 2.05) is 0 Å². The highest BCUT2D eigenvalue weighted by Gasteiger charge is 2.55. The summed E-state index contributed by atoms with van der Waals surface area (Å²) in [4.78, 5) is 10.4. The van der Waals surface area contributed by atoms with Gasteiger partial charge in [-0.1, -0.05) is 0 Å². The number of esters is 1. The van der Waals surface area contributed by atoms with E-state index < -0.39 is 21.3 Å². The Morgan fingerprint density at radius 1 is 1.46 bits per heavy atom. The molecule has 0 spiro atoms. The van der Waals surface area contributed by atoms with E-state index in [-0.39, 0.29) is 6.61 Å². The maximum atomic E-state index is 12.6. The van der Waals surface area contributed by atoms with Crippen molar-refractivity contribution < 1.29 is 30.9 Å². The molecule has 0 amide bonds. The van der Waals surface area contributed by atoms with Gasteiger partial charge in [0.15, 0.2) is 0 Å². The van der Waals surface area contributed by atoms with E-state index >= 15 is 0 Å². The monoisotopic (exact) mass is 218 g/mol. The Bertz CT molecular complexity index is 283. The summed E-state index contributed by atoms with van der Waals surface area (Å²) in [6, 6.07) is 0. The Balaban J connectivity index is 4.86. The molecule has 0 aromatic rings. The molecule has 0 radical (unpaired) electrons. The van der Waals surface area contributed by atoms with Crippen LogP contribution in [0.25, 0.3) is 0 Å². The minimum atomic E-state index is -5.23. The lowest BCUT2D eigenvalue weighted by molar-refractivity contribution is -0.160. The zero-order valence-corrected chi connectivity index (χ0v) is 7.73. The number of carbonyl (C=O) groups is 1. The highest BCUT2D eigenvalue weighted by molar-refractivity contribution is 7.88. The first-order chi connectivity index (χ1) is 5.79. The summed E-state index contributed by atoms with van der Waals surface area (Å²) in [5, 5.41) is -4.66. The summed E-state index contributed by atoms with van der Waals surface area (Å²) in [6.45, 7) is 0.932. The molecule has 78 valence electrons. The summed E-state index contributed by atoms with van der Waals surface area (Å²) in [6.07, 6.45) is 0. The van der Waals surface area contributed by atoms with Crippen LogP contribution in [0.3, 0.4) is 0 Å². The van der Waals surface area contributed by atoms with Gasteiger partial charge in [-0.05, 0) is 6.92 Å². The number of alkyl halides is 2. The van der Waals surface area contributed by atoms with E-state index in [0.717, 1.165) is 0 Å². The molecule has 0 aliphatic rings. The number of rotatable bonds is 4. The Morgan fingerprint density at radius 3 is 2.23 bits per heavy atom. The minimum absolute atomic E-state index is 0.340. The molecule has 0 bridgehead atoms. The van der Waals surface area contributed by atoms with Crippen LogP contribution in [0.5, 0.6) is 0 Å². The molecule has 0 unspecified atom stereocenters. The molecule has 0 rings (SSSR count). The summed E-state index contributed by atoms with van der Waals surface area (Å²) in [5.74, 6) is -2.14. The minimum Gasteiger partial charge on any atom is -0.461 e. The molecule has 0 aromatic heterocycles. The van der Waals surface area contributed by atoms with E-state index in [0.29, 0.717) is 7.11 Å². The molecular formula is C5H8F2O5S. The number of ether oxygens (including phenoxy) is 1. The maximum absolute atomic E-state index is 12.6. The maximum Gasteiger partial charge on any atom is 0.466 e. The summed E-state index contributed by atoms with van der Waals surface area (Å²) in [5.41, 5.74) is 0. The first-order valence-electron chi connectivity index (χ1n) is 3.14. The zero-order valence-electron chi connectivity index (χ0n) is 6.91. The van der Waals surface area contributed by atoms with Gasteiger partial charge in [0.1, 0.15) is 0 Å². The van der Waals surface area contributed by atoms with Crippen LogP contribution < -0.4 is 0 Å². The summed E-state index contributed by atoms with van der Waals surface area (Å²) in [7, 11) is -4.70. The fraction of sp³-hybridized carbons (Fsp3) is 0.800. The van der Waals surface area contributed by atoms with Crippen molar-refractivity contribution in [3.63, 3.8) is 0 Å². The Labute approximate surface area is 73.8 Å². The third-order valence-corrected chi connectivity index (χ3v) is 2.28. The Hall–Kier alpha value is -0.760. The van der Waals surface area contributed by atoms with Crippen molar-refractivity contribution in [3.8, 4) is 0 Å². The highest BCUT2D eigenvalue weighted by Crippen LogP contribution is 2.24. The highest BCUT2D eigenvalue weighted by atomic mass is 32.2. The number of hydrogen-bond donors (Lipinski definition) is 0. The van der Waals surface area contributed by atoms with Crippen molar-refractivity contribution in [2.75, 3.05) is 13.7 Å². The molecule has 0 saturated heterocycles. The van der Waals surface area contributed by atoms with Crippen molar-refractivity contribution in [3.05, 3.63) is 0 Å². The van der Waals surface area contributed by atoms with Crippen molar-refractivity contribution in [2.45, 2.75) is 12.2 Å². The second kappa shape index (κ2) is 3.97. The molecule has 0 aliphatic carbocycles. The third kappa shape index (κ3) is 2.34. The van der Waals surface area contributed by atoms with Gasteiger partial charge in [-0.2, -0.15) is 17.2 Å². The molecule has 0 saturated carbocycles. The normalized spacial score (nSPS) is 12.6. The molecule has 13 heavy (non-hydrogen) atoms. The van der Waals surface area contributed by atoms with Crippen molar-refractivity contribution in [1.29, 1.82) is 0 Å². The lowest BCUT2D eigenvalue weighted by Gasteiger charge is -2.12. The third-order valence-electron chi connectivity index (χ3n) is 1.05. The van der Waals surface area contributed by atoms with Gasteiger partial charge in [0, 0.05) is 0 Å². The quantitative estimate of drug-likeness (QED) is 0.495. The molecule has 0 N–H and O–H groups in total. The average Bonchev–Trinajstić information content (AvgIpc) is 2.04. The van der Waals surface area contributed by atoms with Crippen LogP contribution in [0.2, 0.25) is 0 Å². The van der Waals surface area contributed by atoms with Crippen LogP contribution in [-0.2, 0) is 23.8 Å². The van der Waals surface area contributed by atoms with Gasteiger partial charge in [-0.15, -0.1) is 0 Å². The van der Waals surface area contributed by atoms with Crippen LogP contribution in [0.4, 0.5) is 8.78 Å². The first kappa shape index (κ1) is 12.2. The van der Waals surface area contributed by atoms with Gasteiger partial charge >= 0.3 is 21.3 Å². The van der Waals surface area contributed by atoms with Gasteiger partial charge in [0.25, 0.3) is 0 Å². The topological polar surface area (TPSA) is 69.7 Å². The molecule has 0 aliphatic heterocycles. The van der Waals surface area contributed by atoms with Gasteiger partial charge in [0.05, 0.1) is 13.7 Å². The van der Waals surface area contributed by atoms with Gasteiger partial charge in [-0.3, -0.25) is 4.18 Å². The van der Waals surface area contributed by atoms with Crippen LogP contribution in [0, 0.1) is 0 Å². The standard InChI is InChI=1S/C5H8F2O5S/c1-3-12-4(8)5(6,7)13(9,10)11-2/h3H2,1-2H3. The van der Waals surface area contributed by atoms with Gasteiger partial charge in [0.2, 0.25) is 0 Å². The predicted octanol–water partition coefficient (Wildman–Crippen LogP) is 0.119. The molecule has 8 heteroatoms. The van der Waals surface area contributed by atoms with E-state index in [1.54, 1.807) is 0 Å². The second-order valence-electron chi connectivity index (χ2n) is 1.86. The van der Waals surface area contributed by atoms with Crippen LogP contribution in [0.15, 0.2) is 0 Å². The number of carbonyl (C=O) groups excluding carboxylic acids is 1. The largest absolute Gasteiger partial charge is 0.466 e. The smallest absolute Gasteiger partial charge is 0.461 e. The average molecular weight is 218 g/mol. The van der Waals surface area contributed by atoms with E-state index in [1.165, 1.54) is 6.92 Å². The number of hydrogen-bond acceptors (Lipinski definition) is 5. The van der Waals surface area contributed by atoms with E-state index in [4.69, 9.17) is 0 Å². The molecule has 0 atom stereocenters. The molecule has 0 aromatic carbocycles. The second-order valence-corrected chi connectivity index (χ2v) is 3.61. The van der Waals surface area contributed by atoms with E-state index in [2.05, 4.69) is 8.92 Å². The Kier molecular flexibility index (Phi) is 3.73. The molecule has 0 fully saturated rings. The number of halogens is 2. The predicted molar refractivity (Wildman–Crippen MR) is 37.5 cm³/mol. The van der Waals surface area contributed by atoms with Crippen LogP contribution >= 0.6 is 0 Å². The zero-order chi connectivity index (χ0) is 10.7. The van der Waals surface area contributed by atoms with Crippen molar-refractivity contribution in [2.24, 2.45) is 0 Å². The van der Waals surface area contributed by atoms with Gasteiger partial charge < -0.3 is 4.74 Å². The van der Waals surface area contributed by atoms with Gasteiger partial charge in [-0.25, -0.2) is 4.79 Å². The van der Waals surface area contributed by atoms with Crippen molar-refractivity contribution in [1.82, 2.24) is 0 Å². The summed E-state index contributed by atoms with van der Waals surface area (Å²) >= 11 is 0. The molecule has 0 heterocycles. The van der Waals surface area contributed by atoms with E-state index in [9.17, 15) is 22.0 Å². The lowest BCUT2D eigenvalue weighted by atomic mass is 10.7. The summed E-state index contributed by atoms with van der Waals surface area (Å²) < 4.78 is 53.5. The Morgan fingerprint density at radius 2 is 1.92 bits per heavy atom. The fourth-order valence-electron chi connectivity index (χ4n) is 0.422. The van der Waals surface area contributed by atoms with Crippen LogP contribution in [0.1, 0.15) is 6.92 Å². The van der Waals surface area contributed by atoms with Crippen molar-refractivity contribution >= 4 is 16.1 Å². The fourth-order valence-corrected chi connectivity index (χ4v) is 0.894. The lowest BCUT2D eigenvalue weighted by Crippen LogP contribution is -2.39. The first-order valence-corrected chi connectivity index (χ1v) is 4.55. The molecule has 5 nitrogen and oxygen atoms in total. The van der Waals surface area contributed by atoms with Crippen LogP contribution in [-0.4, -0.2) is 33.4 Å².